The number of aromatic nitrogens is 3. The lowest BCUT2D eigenvalue weighted by Gasteiger charge is -2.12. The average Bonchev–Trinajstić information content (AvgIpc) is 2.93. The van der Waals surface area contributed by atoms with Crippen LogP contribution in [0.4, 0.5) is 0 Å². The van der Waals surface area contributed by atoms with Gasteiger partial charge >= 0.3 is 0 Å². The lowest BCUT2D eigenvalue weighted by Crippen LogP contribution is -2.24. The Bertz CT molecular complexity index is 579. The van der Waals surface area contributed by atoms with E-state index in [4.69, 9.17) is 0 Å². The highest BCUT2D eigenvalue weighted by Gasteiger charge is 2.21. The molecule has 19 heavy (non-hydrogen) atoms. The molecule has 0 aliphatic rings. The number of H-pyrrole nitrogens is 1. The van der Waals surface area contributed by atoms with E-state index in [9.17, 15) is 4.79 Å². The molecule has 0 aliphatic carbocycles. The van der Waals surface area contributed by atoms with Crippen LogP contribution in [-0.2, 0) is 12.0 Å². The Morgan fingerprint density at radius 1 is 1.47 bits per heavy atom. The molecule has 0 saturated heterocycles. The van der Waals surface area contributed by atoms with Crippen LogP contribution in [0.3, 0.4) is 0 Å². The highest BCUT2D eigenvalue weighted by Crippen LogP contribution is 2.17. The Labute approximate surface area is 116 Å². The zero-order chi connectivity index (χ0) is 14.0. The Morgan fingerprint density at radius 2 is 2.21 bits per heavy atom. The highest BCUT2D eigenvalue weighted by atomic mass is 32.1. The molecule has 2 rings (SSSR count). The second-order valence-electron chi connectivity index (χ2n) is 5.47. The third-order valence-electron chi connectivity index (χ3n) is 2.78. The van der Waals surface area contributed by atoms with E-state index in [0.29, 0.717) is 12.4 Å². The molecule has 6 heteroatoms. The van der Waals surface area contributed by atoms with E-state index in [1.165, 1.54) is 5.56 Å². The van der Waals surface area contributed by atoms with Crippen molar-refractivity contribution >= 4 is 17.2 Å². The first-order valence-corrected chi connectivity index (χ1v) is 7.00. The van der Waals surface area contributed by atoms with Gasteiger partial charge < -0.3 is 5.32 Å². The number of rotatable bonds is 3. The first kappa shape index (κ1) is 13.7. The summed E-state index contributed by atoms with van der Waals surface area (Å²) < 4.78 is 0. The first-order valence-electron chi connectivity index (χ1n) is 6.12. The number of amides is 1. The smallest absolute Gasteiger partial charge is 0.291 e. The van der Waals surface area contributed by atoms with E-state index >= 15 is 0 Å². The van der Waals surface area contributed by atoms with Crippen LogP contribution >= 0.6 is 11.3 Å². The molecular weight excluding hydrogens is 260 g/mol. The maximum atomic E-state index is 11.9. The highest BCUT2D eigenvalue weighted by molar-refractivity contribution is 7.10. The molecule has 2 N–H and O–H groups in total. The van der Waals surface area contributed by atoms with Crippen LogP contribution in [0.2, 0.25) is 0 Å². The largest absolute Gasteiger partial charge is 0.344 e. The van der Waals surface area contributed by atoms with Crippen LogP contribution in [0.15, 0.2) is 11.4 Å². The second kappa shape index (κ2) is 5.13. The van der Waals surface area contributed by atoms with Gasteiger partial charge in [-0.3, -0.25) is 9.89 Å². The predicted molar refractivity (Wildman–Crippen MR) is 75.3 cm³/mol. The number of carbonyl (C=O) groups is 1. The van der Waals surface area contributed by atoms with Gasteiger partial charge in [-0.15, -0.1) is 16.4 Å². The Hall–Kier alpha value is -1.69. The fourth-order valence-corrected chi connectivity index (χ4v) is 2.37. The molecule has 0 saturated carbocycles. The molecule has 5 nitrogen and oxygen atoms in total. The number of nitrogens with zero attached hydrogens (tertiary/aromatic N) is 2. The lowest BCUT2D eigenvalue weighted by molar-refractivity contribution is 0.0941. The molecule has 102 valence electrons. The zero-order valence-electron chi connectivity index (χ0n) is 11.6. The van der Waals surface area contributed by atoms with Crippen LogP contribution in [0.1, 0.15) is 47.7 Å². The van der Waals surface area contributed by atoms with Gasteiger partial charge in [-0.05, 0) is 23.9 Å². The van der Waals surface area contributed by atoms with E-state index in [0.717, 1.165) is 4.88 Å². The van der Waals surface area contributed by atoms with Crippen molar-refractivity contribution in [2.75, 3.05) is 0 Å². The zero-order valence-corrected chi connectivity index (χ0v) is 12.4. The molecule has 0 radical (unpaired) electrons. The third-order valence-corrected chi connectivity index (χ3v) is 3.80. The predicted octanol–water partition coefficient (Wildman–Crippen LogP) is 2.40. The number of thiophene rings is 1. The number of aryl methyl sites for hydroxylation is 1. The van der Waals surface area contributed by atoms with Crippen molar-refractivity contribution in [3.05, 3.63) is 33.5 Å². The number of hydrogen-bond donors (Lipinski definition) is 2. The number of carbonyl (C=O) groups excluding carboxylic acids is 1. The Balaban J connectivity index is 2.01. The molecule has 0 bridgehead atoms. The molecule has 2 aromatic rings. The first-order chi connectivity index (χ1) is 8.88. The third kappa shape index (κ3) is 3.20. The van der Waals surface area contributed by atoms with E-state index in [-0.39, 0.29) is 17.1 Å². The molecule has 1 amide bonds. The van der Waals surface area contributed by atoms with Gasteiger partial charge in [0.1, 0.15) is 5.82 Å². The van der Waals surface area contributed by atoms with Crippen molar-refractivity contribution in [3.8, 4) is 0 Å². The number of hydrogen-bond acceptors (Lipinski definition) is 4. The number of aromatic amines is 1. The summed E-state index contributed by atoms with van der Waals surface area (Å²) in [6.07, 6.45) is 0. The molecule has 0 spiro atoms. The fraction of sp³-hybridized carbons (Fsp3) is 0.462. The topological polar surface area (TPSA) is 70.7 Å². The van der Waals surface area contributed by atoms with Gasteiger partial charge in [0.05, 0.1) is 6.54 Å². The van der Waals surface area contributed by atoms with Gasteiger partial charge in [-0.2, -0.15) is 0 Å². The summed E-state index contributed by atoms with van der Waals surface area (Å²) in [5.41, 5.74) is 1.05. The van der Waals surface area contributed by atoms with Crippen molar-refractivity contribution in [2.45, 2.75) is 39.7 Å². The summed E-state index contributed by atoms with van der Waals surface area (Å²) in [5.74, 6) is 0.656. The minimum absolute atomic E-state index is 0.143. The van der Waals surface area contributed by atoms with Crippen LogP contribution < -0.4 is 5.32 Å². The number of nitrogens with one attached hydrogen (secondary N) is 2. The normalized spacial score (nSPS) is 11.6. The fourth-order valence-electron chi connectivity index (χ4n) is 1.52. The SMILES string of the molecule is Cc1ccsc1CNC(=O)c1n[nH]c(C(C)(C)C)n1. The Kier molecular flexibility index (Phi) is 3.71. The average molecular weight is 278 g/mol. The van der Waals surface area contributed by atoms with Gasteiger partial charge in [0.15, 0.2) is 0 Å². The lowest BCUT2D eigenvalue weighted by atomic mass is 9.96. The molecule has 0 aromatic carbocycles. The summed E-state index contributed by atoms with van der Waals surface area (Å²) >= 11 is 1.63. The molecular formula is C13H18N4OS. The summed E-state index contributed by atoms with van der Waals surface area (Å²) in [5, 5.41) is 11.6. The van der Waals surface area contributed by atoms with Crippen LogP contribution in [0.5, 0.6) is 0 Å². The molecule has 0 unspecified atom stereocenters. The molecule has 0 fully saturated rings. The van der Waals surface area contributed by atoms with E-state index in [1.807, 2.05) is 39.1 Å². The van der Waals surface area contributed by atoms with Gasteiger partial charge in [-0.25, -0.2) is 4.98 Å². The summed E-state index contributed by atoms with van der Waals surface area (Å²) in [6, 6.07) is 2.04. The van der Waals surface area contributed by atoms with E-state index < -0.39 is 0 Å². The molecule has 2 heterocycles. The van der Waals surface area contributed by atoms with Crippen molar-refractivity contribution in [1.82, 2.24) is 20.5 Å². The van der Waals surface area contributed by atoms with Crippen molar-refractivity contribution in [2.24, 2.45) is 0 Å². The quantitative estimate of drug-likeness (QED) is 0.905. The summed E-state index contributed by atoms with van der Waals surface area (Å²) in [6.45, 7) is 8.60. The van der Waals surface area contributed by atoms with E-state index in [1.54, 1.807) is 11.3 Å². The standard InChI is InChI=1S/C13H18N4OS/c1-8-5-6-19-9(8)7-14-11(18)10-15-12(17-16-10)13(2,3)4/h5-6H,7H2,1-4H3,(H,14,18)(H,15,16,17). The molecule has 2 aromatic heterocycles. The minimum atomic E-state index is -0.250. The van der Waals surface area contributed by atoms with Crippen LogP contribution in [-0.4, -0.2) is 21.1 Å². The van der Waals surface area contributed by atoms with Crippen molar-refractivity contribution in [3.63, 3.8) is 0 Å². The van der Waals surface area contributed by atoms with Gasteiger partial charge in [0.2, 0.25) is 5.82 Å². The summed E-state index contributed by atoms with van der Waals surface area (Å²) in [7, 11) is 0. The maximum absolute atomic E-state index is 11.9. The summed E-state index contributed by atoms with van der Waals surface area (Å²) in [4.78, 5) is 17.3. The second-order valence-corrected chi connectivity index (χ2v) is 6.47. The van der Waals surface area contributed by atoms with Crippen molar-refractivity contribution in [1.29, 1.82) is 0 Å². The Morgan fingerprint density at radius 3 is 2.74 bits per heavy atom. The van der Waals surface area contributed by atoms with Gasteiger partial charge in [0.25, 0.3) is 5.91 Å². The monoisotopic (exact) mass is 278 g/mol. The molecule has 0 atom stereocenters. The van der Waals surface area contributed by atoms with Gasteiger partial charge in [-0.1, -0.05) is 20.8 Å². The molecule has 0 aliphatic heterocycles. The maximum Gasteiger partial charge on any atom is 0.291 e. The van der Waals surface area contributed by atoms with E-state index in [2.05, 4.69) is 20.5 Å². The minimum Gasteiger partial charge on any atom is -0.344 e. The van der Waals surface area contributed by atoms with Gasteiger partial charge in [0, 0.05) is 10.3 Å². The van der Waals surface area contributed by atoms with Crippen LogP contribution in [0, 0.1) is 6.92 Å². The van der Waals surface area contributed by atoms with Crippen molar-refractivity contribution < 1.29 is 4.79 Å². The van der Waals surface area contributed by atoms with Crippen LogP contribution in [0.25, 0.3) is 0 Å².